The van der Waals surface area contributed by atoms with Crippen LogP contribution in [0.25, 0.3) is 0 Å². The van der Waals surface area contributed by atoms with E-state index in [0.717, 1.165) is 13.0 Å². The summed E-state index contributed by atoms with van der Waals surface area (Å²) in [6.45, 7) is 7.74. The maximum atomic E-state index is 5.70. The van der Waals surface area contributed by atoms with E-state index >= 15 is 0 Å². The highest BCUT2D eigenvalue weighted by Gasteiger charge is 2.11. The molecule has 0 saturated carbocycles. The van der Waals surface area contributed by atoms with Crippen LogP contribution in [-0.4, -0.2) is 35.2 Å². The molecule has 0 aliphatic rings. The van der Waals surface area contributed by atoms with Crippen molar-refractivity contribution in [2.75, 3.05) is 25.6 Å². The van der Waals surface area contributed by atoms with E-state index in [4.69, 9.17) is 9.47 Å². The van der Waals surface area contributed by atoms with Crippen molar-refractivity contribution in [1.82, 2.24) is 15.0 Å². The zero-order valence-electron chi connectivity index (χ0n) is 13.0. The van der Waals surface area contributed by atoms with Gasteiger partial charge in [-0.15, -0.1) is 4.98 Å². The number of unbranched alkanes of at least 4 members (excludes halogenated alkanes) is 1. The van der Waals surface area contributed by atoms with Gasteiger partial charge in [-0.05, 0) is 19.3 Å². The van der Waals surface area contributed by atoms with E-state index in [0.29, 0.717) is 24.5 Å². The van der Waals surface area contributed by atoms with Crippen molar-refractivity contribution in [3.05, 3.63) is 0 Å². The number of nitrogens with zero attached hydrogens (tertiary/aromatic N) is 3. The Balaban J connectivity index is 2.63. The molecule has 6 nitrogen and oxygen atoms in total. The lowest BCUT2D eigenvalue weighted by Crippen LogP contribution is -2.14. The average molecular weight is 282 g/mol. The summed E-state index contributed by atoms with van der Waals surface area (Å²) in [5.74, 6) is 1.02. The van der Waals surface area contributed by atoms with Crippen LogP contribution in [0, 0.1) is 5.92 Å². The first-order valence-corrected chi connectivity index (χ1v) is 7.40. The molecule has 0 aliphatic carbocycles. The number of aromatic nitrogens is 3. The van der Waals surface area contributed by atoms with Gasteiger partial charge in [-0.1, -0.05) is 33.1 Å². The summed E-state index contributed by atoms with van der Waals surface area (Å²) in [5, 5.41) is 3.04. The van der Waals surface area contributed by atoms with E-state index in [2.05, 4.69) is 34.1 Å². The van der Waals surface area contributed by atoms with Gasteiger partial charge in [0.2, 0.25) is 5.95 Å². The normalized spacial score (nSPS) is 12.0. The maximum absolute atomic E-state index is 5.70. The van der Waals surface area contributed by atoms with Crippen molar-refractivity contribution in [3.63, 3.8) is 0 Å². The summed E-state index contributed by atoms with van der Waals surface area (Å²) in [7, 11) is 1.53. The second-order valence-electron chi connectivity index (χ2n) is 4.69. The van der Waals surface area contributed by atoms with Gasteiger partial charge in [0.05, 0.1) is 13.7 Å². The maximum Gasteiger partial charge on any atom is 0.324 e. The summed E-state index contributed by atoms with van der Waals surface area (Å²) >= 11 is 0. The summed E-state index contributed by atoms with van der Waals surface area (Å²) in [6.07, 6.45) is 4.71. The topological polar surface area (TPSA) is 69.2 Å². The molecule has 0 aromatic carbocycles. The lowest BCUT2D eigenvalue weighted by Gasteiger charge is -2.15. The zero-order chi connectivity index (χ0) is 14.8. The lowest BCUT2D eigenvalue weighted by atomic mass is 10.0. The number of ether oxygens (including phenoxy) is 2. The van der Waals surface area contributed by atoms with E-state index in [-0.39, 0.29) is 6.01 Å². The van der Waals surface area contributed by atoms with Gasteiger partial charge >= 0.3 is 12.0 Å². The first kappa shape index (κ1) is 16.5. The quantitative estimate of drug-likeness (QED) is 0.711. The van der Waals surface area contributed by atoms with E-state index < -0.39 is 0 Å². The van der Waals surface area contributed by atoms with Crippen LogP contribution in [0.2, 0.25) is 0 Å². The summed E-state index contributed by atoms with van der Waals surface area (Å²) in [5.41, 5.74) is 0. The fourth-order valence-electron chi connectivity index (χ4n) is 1.82. The Morgan fingerprint density at radius 1 is 1.10 bits per heavy atom. The smallest absolute Gasteiger partial charge is 0.324 e. The van der Waals surface area contributed by atoms with Crippen molar-refractivity contribution in [2.45, 2.75) is 46.5 Å². The summed E-state index contributed by atoms with van der Waals surface area (Å²) in [4.78, 5) is 12.4. The van der Waals surface area contributed by atoms with Gasteiger partial charge in [0, 0.05) is 6.54 Å². The van der Waals surface area contributed by atoms with Gasteiger partial charge in [-0.2, -0.15) is 9.97 Å². The van der Waals surface area contributed by atoms with Gasteiger partial charge in [-0.25, -0.2) is 0 Å². The van der Waals surface area contributed by atoms with Gasteiger partial charge in [0.1, 0.15) is 0 Å². The van der Waals surface area contributed by atoms with E-state index in [9.17, 15) is 0 Å². The number of rotatable bonds is 10. The fraction of sp³-hybridized carbons (Fsp3) is 0.786. The molecule has 114 valence electrons. The summed E-state index contributed by atoms with van der Waals surface area (Å²) in [6, 6.07) is 0.593. The third-order valence-corrected chi connectivity index (χ3v) is 3.10. The Morgan fingerprint density at radius 2 is 1.85 bits per heavy atom. The predicted octanol–water partition coefficient (Wildman–Crippen LogP) is 2.91. The second-order valence-corrected chi connectivity index (χ2v) is 4.69. The molecule has 1 unspecified atom stereocenters. The lowest BCUT2D eigenvalue weighted by molar-refractivity contribution is 0.214. The molecule has 0 amide bonds. The standard InChI is InChI=1S/C14H26N4O2/c1-5-8-9-11(6-2)10-20-14-17-12(15-7-3)16-13(18-14)19-4/h11H,5-10H2,1-4H3,(H,15,16,17,18). The molecule has 1 atom stereocenters. The molecule has 0 fully saturated rings. The molecule has 1 rings (SSSR count). The molecule has 1 aromatic heterocycles. The Bertz CT molecular complexity index is 387. The Labute approximate surface area is 121 Å². The number of hydrogen-bond donors (Lipinski definition) is 1. The van der Waals surface area contributed by atoms with Crippen molar-refractivity contribution < 1.29 is 9.47 Å². The van der Waals surface area contributed by atoms with Crippen LogP contribution in [0.3, 0.4) is 0 Å². The SMILES string of the molecule is CCCCC(CC)COc1nc(NCC)nc(OC)n1. The Kier molecular flexibility index (Phi) is 7.69. The zero-order valence-corrected chi connectivity index (χ0v) is 13.0. The molecule has 1 heterocycles. The van der Waals surface area contributed by atoms with E-state index in [1.807, 2.05) is 6.92 Å². The third kappa shape index (κ3) is 5.59. The minimum atomic E-state index is 0.271. The van der Waals surface area contributed by atoms with Crippen molar-refractivity contribution >= 4 is 5.95 Å². The van der Waals surface area contributed by atoms with Crippen LogP contribution in [0.5, 0.6) is 12.0 Å². The minimum absolute atomic E-state index is 0.271. The highest BCUT2D eigenvalue weighted by molar-refractivity contribution is 5.27. The van der Waals surface area contributed by atoms with E-state index in [1.165, 1.54) is 26.4 Å². The first-order chi connectivity index (χ1) is 9.73. The van der Waals surface area contributed by atoms with Crippen LogP contribution >= 0.6 is 0 Å². The first-order valence-electron chi connectivity index (χ1n) is 7.40. The Hall–Kier alpha value is -1.59. The van der Waals surface area contributed by atoms with Gasteiger partial charge in [0.25, 0.3) is 0 Å². The van der Waals surface area contributed by atoms with Crippen LogP contribution in [0.15, 0.2) is 0 Å². The molecule has 20 heavy (non-hydrogen) atoms. The minimum Gasteiger partial charge on any atom is -0.467 e. The number of methoxy groups -OCH3 is 1. The van der Waals surface area contributed by atoms with Gasteiger partial charge < -0.3 is 14.8 Å². The van der Waals surface area contributed by atoms with E-state index in [1.54, 1.807) is 0 Å². The van der Waals surface area contributed by atoms with Crippen molar-refractivity contribution in [1.29, 1.82) is 0 Å². The fourth-order valence-corrected chi connectivity index (χ4v) is 1.82. The molecule has 0 aliphatic heterocycles. The molecule has 6 heteroatoms. The summed E-state index contributed by atoms with van der Waals surface area (Å²) < 4.78 is 10.8. The number of hydrogen-bond acceptors (Lipinski definition) is 6. The second kappa shape index (κ2) is 9.34. The monoisotopic (exact) mass is 282 g/mol. The Morgan fingerprint density at radius 3 is 2.45 bits per heavy atom. The van der Waals surface area contributed by atoms with Crippen molar-refractivity contribution in [3.8, 4) is 12.0 Å². The molecule has 0 bridgehead atoms. The predicted molar refractivity (Wildman–Crippen MR) is 79.3 cm³/mol. The molecule has 0 spiro atoms. The average Bonchev–Trinajstić information content (AvgIpc) is 2.47. The van der Waals surface area contributed by atoms with Gasteiger partial charge in [-0.3, -0.25) is 0 Å². The van der Waals surface area contributed by atoms with Crippen LogP contribution in [0.1, 0.15) is 46.5 Å². The highest BCUT2D eigenvalue weighted by Crippen LogP contribution is 2.16. The van der Waals surface area contributed by atoms with Crippen LogP contribution in [-0.2, 0) is 0 Å². The largest absolute Gasteiger partial charge is 0.467 e. The molecule has 1 aromatic rings. The number of nitrogens with one attached hydrogen (secondary N) is 1. The van der Waals surface area contributed by atoms with Gasteiger partial charge in [0.15, 0.2) is 0 Å². The molecule has 1 N–H and O–H groups in total. The number of anilines is 1. The molecule has 0 radical (unpaired) electrons. The van der Waals surface area contributed by atoms with Crippen molar-refractivity contribution in [2.24, 2.45) is 5.92 Å². The van der Waals surface area contributed by atoms with Crippen LogP contribution in [0.4, 0.5) is 5.95 Å². The molecular weight excluding hydrogens is 256 g/mol. The third-order valence-electron chi connectivity index (χ3n) is 3.10. The van der Waals surface area contributed by atoms with Crippen LogP contribution < -0.4 is 14.8 Å². The molecular formula is C14H26N4O2. The molecule has 0 saturated heterocycles. The highest BCUT2D eigenvalue weighted by atomic mass is 16.5.